The highest BCUT2D eigenvalue weighted by atomic mass is 16.5. The van der Waals surface area contributed by atoms with Crippen LogP contribution in [0.15, 0.2) is 83.7 Å². The zero-order valence-electron chi connectivity index (χ0n) is 17.9. The van der Waals surface area contributed by atoms with Gasteiger partial charge in [-0.2, -0.15) is 0 Å². The predicted molar refractivity (Wildman–Crippen MR) is 127 cm³/mol. The fourth-order valence-electron chi connectivity index (χ4n) is 3.74. The van der Waals surface area contributed by atoms with Crippen LogP contribution in [0.4, 0.5) is 0 Å². The molecule has 4 rings (SSSR count). The molecule has 1 heterocycles. The number of nitrogens with one attached hydrogen (secondary N) is 1. The van der Waals surface area contributed by atoms with E-state index < -0.39 is 0 Å². The van der Waals surface area contributed by atoms with Gasteiger partial charge in [-0.1, -0.05) is 42.5 Å². The summed E-state index contributed by atoms with van der Waals surface area (Å²) in [6, 6.07) is 24.6. The number of fused-ring (bicyclic) bond motifs is 1. The maximum Gasteiger partial charge on any atom is 0.251 e. The van der Waals surface area contributed by atoms with Crippen molar-refractivity contribution in [2.75, 3.05) is 20.2 Å². The molecule has 6 heteroatoms. The SMILES string of the molecule is COc1ccc2c(-c3ccccc3)cc(=O)n(Cc3ccc(C(=O)NCCN)cc3)c2c1. The van der Waals surface area contributed by atoms with Gasteiger partial charge in [-0.25, -0.2) is 0 Å². The molecular weight excluding hydrogens is 402 g/mol. The van der Waals surface area contributed by atoms with Gasteiger partial charge in [0, 0.05) is 36.2 Å². The van der Waals surface area contributed by atoms with E-state index in [-0.39, 0.29) is 11.5 Å². The Morgan fingerprint density at radius 2 is 1.75 bits per heavy atom. The Kier molecular flexibility index (Phi) is 6.33. The molecule has 0 atom stereocenters. The Bertz CT molecular complexity index is 1300. The Morgan fingerprint density at radius 3 is 2.44 bits per heavy atom. The lowest BCUT2D eigenvalue weighted by molar-refractivity contribution is 0.0954. The van der Waals surface area contributed by atoms with Crippen LogP contribution in [0.1, 0.15) is 15.9 Å². The molecule has 0 bridgehead atoms. The fourth-order valence-corrected chi connectivity index (χ4v) is 3.74. The second-order valence-corrected chi connectivity index (χ2v) is 7.47. The molecule has 1 amide bonds. The fraction of sp³-hybridized carbons (Fsp3) is 0.154. The number of rotatable bonds is 7. The monoisotopic (exact) mass is 427 g/mol. The predicted octanol–water partition coefficient (Wildman–Crippen LogP) is 3.41. The van der Waals surface area contributed by atoms with Crippen LogP contribution in [0.3, 0.4) is 0 Å². The van der Waals surface area contributed by atoms with Gasteiger partial charge in [0.25, 0.3) is 11.5 Å². The lowest BCUT2D eigenvalue weighted by Crippen LogP contribution is -2.28. The largest absolute Gasteiger partial charge is 0.497 e. The van der Waals surface area contributed by atoms with Crippen molar-refractivity contribution in [3.05, 3.63) is 100 Å². The molecule has 3 aromatic carbocycles. The molecule has 3 N–H and O–H groups in total. The van der Waals surface area contributed by atoms with Crippen molar-refractivity contribution in [1.82, 2.24) is 9.88 Å². The van der Waals surface area contributed by atoms with E-state index in [4.69, 9.17) is 10.5 Å². The molecule has 162 valence electrons. The number of ether oxygens (including phenoxy) is 1. The molecular formula is C26H25N3O3. The number of hydrogen-bond donors (Lipinski definition) is 2. The van der Waals surface area contributed by atoms with Crippen LogP contribution in [0, 0.1) is 0 Å². The van der Waals surface area contributed by atoms with Crippen LogP contribution in [0.2, 0.25) is 0 Å². The van der Waals surface area contributed by atoms with E-state index in [2.05, 4.69) is 5.32 Å². The van der Waals surface area contributed by atoms with E-state index in [1.165, 1.54) is 0 Å². The average Bonchev–Trinajstić information content (AvgIpc) is 2.84. The van der Waals surface area contributed by atoms with Gasteiger partial charge in [0.2, 0.25) is 0 Å². The summed E-state index contributed by atoms with van der Waals surface area (Å²) in [5.41, 5.74) is 9.47. The molecule has 0 fully saturated rings. The van der Waals surface area contributed by atoms with Gasteiger partial charge in [0.1, 0.15) is 5.75 Å². The van der Waals surface area contributed by atoms with Gasteiger partial charge < -0.3 is 20.4 Å². The molecule has 4 aromatic rings. The number of carbonyl (C=O) groups is 1. The van der Waals surface area contributed by atoms with E-state index in [9.17, 15) is 9.59 Å². The third-order valence-corrected chi connectivity index (χ3v) is 5.39. The Hall–Kier alpha value is -3.90. The summed E-state index contributed by atoms with van der Waals surface area (Å²) < 4.78 is 7.15. The smallest absolute Gasteiger partial charge is 0.251 e. The molecule has 0 spiro atoms. The number of methoxy groups -OCH3 is 1. The van der Waals surface area contributed by atoms with E-state index in [1.807, 2.05) is 60.7 Å². The van der Waals surface area contributed by atoms with Crippen molar-refractivity contribution >= 4 is 16.8 Å². The van der Waals surface area contributed by atoms with Gasteiger partial charge in [-0.3, -0.25) is 9.59 Å². The van der Waals surface area contributed by atoms with E-state index in [1.54, 1.807) is 29.9 Å². The summed E-state index contributed by atoms with van der Waals surface area (Å²) in [4.78, 5) is 25.3. The number of aromatic nitrogens is 1. The minimum Gasteiger partial charge on any atom is -0.497 e. The van der Waals surface area contributed by atoms with Crippen LogP contribution in [0.25, 0.3) is 22.0 Å². The molecule has 0 aliphatic carbocycles. The Morgan fingerprint density at radius 1 is 1.00 bits per heavy atom. The first-order valence-corrected chi connectivity index (χ1v) is 10.4. The van der Waals surface area contributed by atoms with E-state index >= 15 is 0 Å². The molecule has 32 heavy (non-hydrogen) atoms. The topological polar surface area (TPSA) is 86.3 Å². The quantitative estimate of drug-likeness (QED) is 0.473. The lowest BCUT2D eigenvalue weighted by Gasteiger charge is -2.15. The van der Waals surface area contributed by atoms with Crippen molar-refractivity contribution in [1.29, 1.82) is 0 Å². The van der Waals surface area contributed by atoms with E-state index in [0.29, 0.717) is 30.9 Å². The number of benzene rings is 3. The molecule has 0 aliphatic heterocycles. The van der Waals surface area contributed by atoms with E-state index in [0.717, 1.165) is 27.6 Å². The first-order chi connectivity index (χ1) is 15.6. The van der Waals surface area contributed by atoms with Crippen molar-refractivity contribution < 1.29 is 9.53 Å². The normalized spacial score (nSPS) is 10.8. The maximum atomic E-state index is 13.2. The van der Waals surface area contributed by atoms with Gasteiger partial charge in [0.05, 0.1) is 19.2 Å². The standard InChI is InChI=1S/C26H25N3O3/c1-32-21-11-12-22-23(19-5-3-2-4-6-19)16-25(30)29(24(22)15-21)17-18-7-9-20(10-8-18)26(31)28-14-13-27/h2-12,15-16H,13-14,17,27H2,1H3,(H,28,31). The van der Waals surface area contributed by atoms with Crippen LogP contribution in [-0.2, 0) is 6.54 Å². The third kappa shape index (κ3) is 4.40. The number of carbonyl (C=O) groups excluding carboxylic acids is 1. The van der Waals surface area contributed by atoms with Crippen molar-refractivity contribution in [2.24, 2.45) is 5.73 Å². The molecule has 6 nitrogen and oxygen atoms in total. The second-order valence-electron chi connectivity index (χ2n) is 7.47. The number of nitrogens with zero attached hydrogens (tertiary/aromatic N) is 1. The minimum atomic E-state index is -0.165. The van der Waals surface area contributed by atoms with Crippen LogP contribution >= 0.6 is 0 Å². The summed E-state index contributed by atoms with van der Waals surface area (Å²) in [6.45, 7) is 1.20. The number of hydrogen-bond acceptors (Lipinski definition) is 4. The van der Waals surface area contributed by atoms with Crippen molar-refractivity contribution in [3.63, 3.8) is 0 Å². The number of pyridine rings is 1. The van der Waals surface area contributed by atoms with Gasteiger partial charge in [0.15, 0.2) is 0 Å². The summed E-state index contributed by atoms with van der Waals surface area (Å²) in [5.74, 6) is 0.518. The van der Waals surface area contributed by atoms with Gasteiger partial charge >= 0.3 is 0 Å². The zero-order chi connectivity index (χ0) is 22.5. The van der Waals surface area contributed by atoms with Crippen molar-refractivity contribution in [3.8, 4) is 16.9 Å². The molecule has 0 saturated carbocycles. The third-order valence-electron chi connectivity index (χ3n) is 5.39. The molecule has 0 unspecified atom stereocenters. The van der Waals surface area contributed by atoms with Gasteiger partial charge in [-0.15, -0.1) is 0 Å². The Balaban J connectivity index is 1.75. The first kappa shape index (κ1) is 21.3. The highest BCUT2D eigenvalue weighted by Gasteiger charge is 2.13. The number of amides is 1. The maximum absolute atomic E-state index is 13.2. The molecule has 0 saturated heterocycles. The summed E-state index contributed by atoms with van der Waals surface area (Å²) >= 11 is 0. The zero-order valence-corrected chi connectivity index (χ0v) is 17.9. The summed E-state index contributed by atoms with van der Waals surface area (Å²) in [7, 11) is 1.61. The minimum absolute atomic E-state index is 0.102. The lowest BCUT2D eigenvalue weighted by atomic mass is 10.0. The number of nitrogens with two attached hydrogens (primary N) is 1. The molecule has 0 aliphatic rings. The van der Waals surface area contributed by atoms with Crippen molar-refractivity contribution in [2.45, 2.75) is 6.54 Å². The van der Waals surface area contributed by atoms with Crippen LogP contribution in [-0.4, -0.2) is 30.7 Å². The Labute approximate surface area is 186 Å². The van der Waals surface area contributed by atoms with Crippen LogP contribution in [0.5, 0.6) is 5.75 Å². The van der Waals surface area contributed by atoms with Gasteiger partial charge in [-0.05, 0) is 41.0 Å². The second kappa shape index (κ2) is 9.49. The highest BCUT2D eigenvalue weighted by molar-refractivity contribution is 5.95. The summed E-state index contributed by atoms with van der Waals surface area (Å²) in [5, 5.41) is 3.72. The first-order valence-electron chi connectivity index (χ1n) is 10.4. The molecule has 0 radical (unpaired) electrons. The summed E-state index contributed by atoms with van der Waals surface area (Å²) in [6.07, 6.45) is 0. The highest BCUT2D eigenvalue weighted by Crippen LogP contribution is 2.30. The average molecular weight is 428 g/mol. The van der Waals surface area contributed by atoms with Crippen LogP contribution < -0.4 is 21.3 Å². The molecule has 1 aromatic heterocycles.